The Kier molecular flexibility index (Phi) is 13.8. The lowest BCUT2D eigenvalue weighted by Crippen LogP contribution is -2.49. The molecular formula is C42H50N12O7. The summed E-state index contributed by atoms with van der Waals surface area (Å²) >= 11 is 0. The predicted octanol–water partition coefficient (Wildman–Crippen LogP) is 2.27. The number of aliphatic hydroxyl groups excluding tert-OH is 2. The average molecular weight is 835 g/mol. The summed E-state index contributed by atoms with van der Waals surface area (Å²) in [5.74, 6) is -0.211. The standard InChI is InChI=1S/C42H50N12O7/c1-26(55)61-24-34(56)49-31-22-32(37(58)36(31)57)54-25-47-35-38(46-23-30(27-10-4-2-5-11-27)28-12-6-3-7-13-28)50-40(51-39(35)54)52-42(60)45-19-18-44-41(59)48-29-15-20-53(21-16-29)33-14-8-9-17-43-33/h2-14,17,25,29-32,36-37,57-58H,15-16,18-24H2,1H3,(H,49,56)(H2,44,48,59)(H3,45,46,50,51,52,60)/t31-,32+,36+,37-/m0/s1. The number of urea groups is 2. The number of hydrogen-bond acceptors (Lipinski definition) is 13. The molecule has 4 atom stereocenters. The van der Waals surface area contributed by atoms with E-state index in [9.17, 15) is 29.4 Å². The SMILES string of the molecule is CC(=O)OCC(=O)N[C@H]1C[C@@H](n2cnc3c(NCC(c4ccccc4)c4ccccc4)nc(NC(=O)NCCNC(=O)NC4CCN(c5ccccn5)CC4)nc32)[C@H](O)[C@@H]1O. The molecule has 8 N–H and O–H groups in total. The molecule has 3 aromatic heterocycles. The third kappa shape index (κ3) is 10.9. The first-order chi connectivity index (χ1) is 29.6. The third-order valence-electron chi connectivity index (χ3n) is 10.8. The smallest absolute Gasteiger partial charge is 0.321 e. The summed E-state index contributed by atoms with van der Waals surface area (Å²) in [6.07, 6.45) is 2.17. The molecule has 61 heavy (non-hydrogen) atoms. The van der Waals surface area contributed by atoms with Crippen LogP contribution in [0.1, 0.15) is 49.3 Å². The van der Waals surface area contributed by atoms with Gasteiger partial charge in [0, 0.05) is 57.8 Å². The fourth-order valence-electron chi connectivity index (χ4n) is 7.71. The van der Waals surface area contributed by atoms with E-state index in [1.165, 1.54) is 13.3 Å². The van der Waals surface area contributed by atoms with Gasteiger partial charge in [-0.2, -0.15) is 9.97 Å². The lowest BCUT2D eigenvalue weighted by atomic mass is 9.91. The van der Waals surface area contributed by atoms with Gasteiger partial charge in [-0.3, -0.25) is 14.9 Å². The van der Waals surface area contributed by atoms with Gasteiger partial charge in [-0.1, -0.05) is 66.7 Å². The maximum Gasteiger partial charge on any atom is 0.321 e. The zero-order valence-corrected chi connectivity index (χ0v) is 33.6. The Bertz CT molecular complexity index is 2220. The van der Waals surface area contributed by atoms with Crippen molar-refractivity contribution >= 4 is 52.7 Å². The Labute approximate surface area is 351 Å². The summed E-state index contributed by atoms with van der Waals surface area (Å²) < 4.78 is 6.35. The van der Waals surface area contributed by atoms with Gasteiger partial charge in [0.05, 0.1) is 18.4 Å². The number of imidazole rings is 1. The molecule has 2 aromatic carbocycles. The number of aliphatic hydroxyl groups is 2. The molecule has 1 aliphatic heterocycles. The molecule has 5 aromatic rings. The van der Waals surface area contributed by atoms with Crippen LogP contribution in [-0.4, -0.2) is 122 Å². The number of ether oxygens (including phenoxy) is 1. The maximum atomic E-state index is 13.2. The molecule has 0 unspecified atom stereocenters. The minimum absolute atomic E-state index is 0.0146. The number of amides is 5. The van der Waals surface area contributed by atoms with Gasteiger partial charge in [0.2, 0.25) is 5.95 Å². The Morgan fingerprint density at radius 3 is 2.15 bits per heavy atom. The summed E-state index contributed by atoms with van der Waals surface area (Å²) in [6.45, 7) is 2.85. The zero-order chi connectivity index (χ0) is 42.7. The third-order valence-corrected chi connectivity index (χ3v) is 10.8. The van der Waals surface area contributed by atoms with Crippen molar-refractivity contribution in [3.63, 3.8) is 0 Å². The van der Waals surface area contributed by atoms with Gasteiger partial charge in [-0.15, -0.1) is 0 Å². The Hall–Kier alpha value is -6.86. The van der Waals surface area contributed by atoms with Crippen LogP contribution in [0.3, 0.4) is 0 Å². The summed E-state index contributed by atoms with van der Waals surface area (Å²) in [6, 6.07) is 23.2. The minimum atomic E-state index is -1.36. The van der Waals surface area contributed by atoms with E-state index in [0.717, 1.165) is 42.9 Å². The number of nitrogens with zero attached hydrogens (tertiary/aromatic N) is 6. The average Bonchev–Trinajstić information content (AvgIpc) is 3.82. The van der Waals surface area contributed by atoms with E-state index in [4.69, 9.17) is 4.74 Å². The van der Waals surface area contributed by atoms with Crippen molar-refractivity contribution in [2.75, 3.05) is 54.9 Å². The van der Waals surface area contributed by atoms with Crippen LogP contribution in [0, 0.1) is 0 Å². The lowest BCUT2D eigenvalue weighted by molar-refractivity contribution is -0.146. The van der Waals surface area contributed by atoms with Crippen molar-refractivity contribution < 1.29 is 34.1 Å². The topological polar surface area (TPSA) is 250 Å². The summed E-state index contributed by atoms with van der Waals surface area (Å²) in [5.41, 5.74) is 2.71. The van der Waals surface area contributed by atoms with Crippen LogP contribution in [0.25, 0.3) is 11.2 Å². The first kappa shape index (κ1) is 42.3. The van der Waals surface area contributed by atoms with E-state index in [1.807, 2.05) is 78.9 Å². The molecule has 2 aliphatic rings. The number of esters is 1. The molecular weight excluding hydrogens is 785 g/mol. The number of rotatable bonds is 15. The van der Waals surface area contributed by atoms with Gasteiger partial charge in [-0.25, -0.2) is 19.6 Å². The Balaban J connectivity index is 1.02. The number of benzene rings is 2. The van der Waals surface area contributed by atoms with E-state index in [0.29, 0.717) is 17.9 Å². The van der Waals surface area contributed by atoms with Crippen molar-refractivity contribution in [2.24, 2.45) is 0 Å². The van der Waals surface area contributed by atoms with Gasteiger partial charge in [0.25, 0.3) is 5.91 Å². The zero-order valence-electron chi connectivity index (χ0n) is 33.6. The molecule has 1 saturated carbocycles. The number of nitrogens with one attached hydrogen (secondary N) is 6. The van der Waals surface area contributed by atoms with Gasteiger partial charge < -0.3 is 51.0 Å². The summed E-state index contributed by atoms with van der Waals surface area (Å²) in [5, 5.41) is 39.4. The number of carbonyl (C=O) groups excluding carboxylic acids is 4. The summed E-state index contributed by atoms with van der Waals surface area (Å²) in [7, 11) is 0. The Morgan fingerprint density at radius 2 is 1.49 bits per heavy atom. The van der Waals surface area contributed by atoms with E-state index < -0.39 is 48.8 Å². The second kappa shape index (κ2) is 19.9. The molecule has 0 bridgehead atoms. The summed E-state index contributed by atoms with van der Waals surface area (Å²) in [4.78, 5) is 69.9. The van der Waals surface area contributed by atoms with Crippen molar-refractivity contribution in [1.82, 2.24) is 45.8 Å². The largest absolute Gasteiger partial charge is 0.456 e. The van der Waals surface area contributed by atoms with Crippen molar-refractivity contribution in [1.29, 1.82) is 0 Å². The number of fused-ring (bicyclic) bond motifs is 1. The predicted molar refractivity (Wildman–Crippen MR) is 226 cm³/mol. The molecule has 2 fully saturated rings. The molecule has 19 nitrogen and oxygen atoms in total. The van der Waals surface area contributed by atoms with Crippen LogP contribution < -0.4 is 36.8 Å². The van der Waals surface area contributed by atoms with Gasteiger partial charge >= 0.3 is 18.0 Å². The Morgan fingerprint density at radius 1 is 0.820 bits per heavy atom. The molecule has 4 heterocycles. The quantitative estimate of drug-likeness (QED) is 0.0558. The van der Waals surface area contributed by atoms with Gasteiger partial charge in [0.1, 0.15) is 18.0 Å². The molecule has 5 amide bonds. The highest BCUT2D eigenvalue weighted by molar-refractivity contribution is 5.90. The molecule has 7 rings (SSSR count). The number of aromatic nitrogens is 5. The number of carbonyl (C=O) groups is 4. The fourth-order valence-corrected chi connectivity index (χ4v) is 7.71. The lowest BCUT2D eigenvalue weighted by Gasteiger charge is -2.33. The van der Waals surface area contributed by atoms with Crippen LogP contribution >= 0.6 is 0 Å². The fraction of sp³-hybridized carbons (Fsp3) is 0.381. The maximum absolute atomic E-state index is 13.2. The van der Waals surface area contributed by atoms with Crippen molar-refractivity contribution in [3.05, 3.63) is 103 Å². The van der Waals surface area contributed by atoms with Gasteiger partial charge in [-0.05, 0) is 42.5 Å². The van der Waals surface area contributed by atoms with Crippen LogP contribution in [0.2, 0.25) is 0 Å². The second-order valence-corrected chi connectivity index (χ2v) is 14.9. The highest BCUT2D eigenvalue weighted by Crippen LogP contribution is 2.35. The van der Waals surface area contributed by atoms with E-state index in [-0.39, 0.29) is 49.1 Å². The highest BCUT2D eigenvalue weighted by atomic mass is 16.5. The first-order valence-corrected chi connectivity index (χ1v) is 20.2. The molecule has 1 saturated heterocycles. The van der Waals surface area contributed by atoms with E-state index in [2.05, 4.69) is 56.7 Å². The van der Waals surface area contributed by atoms with Crippen LogP contribution in [-0.2, 0) is 14.3 Å². The number of pyridine rings is 1. The number of hydrogen-bond donors (Lipinski definition) is 8. The highest BCUT2D eigenvalue weighted by Gasteiger charge is 2.44. The monoisotopic (exact) mass is 834 g/mol. The van der Waals surface area contributed by atoms with Crippen LogP contribution in [0.15, 0.2) is 91.4 Å². The molecule has 19 heteroatoms. The van der Waals surface area contributed by atoms with Crippen LogP contribution in [0.4, 0.5) is 27.2 Å². The van der Waals surface area contributed by atoms with Crippen molar-refractivity contribution in [2.45, 2.75) is 62.4 Å². The van der Waals surface area contributed by atoms with Gasteiger partial charge in [0.15, 0.2) is 23.6 Å². The molecule has 1 aliphatic carbocycles. The minimum Gasteiger partial charge on any atom is -0.456 e. The number of anilines is 3. The van der Waals surface area contributed by atoms with E-state index in [1.54, 1.807) is 10.8 Å². The first-order valence-electron chi connectivity index (χ1n) is 20.2. The van der Waals surface area contributed by atoms with Crippen molar-refractivity contribution in [3.8, 4) is 0 Å². The molecule has 0 spiro atoms. The van der Waals surface area contributed by atoms with Crippen LogP contribution in [0.5, 0.6) is 0 Å². The molecule has 0 radical (unpaired) electrons. The molecule has 320 valence electrons. The normalized spacial score (nSPS) is 19.0. The van der Waals surface area contributed by atoms with E-state index >= 15 is 0 Å². The number of piperidine rings is 1. The second-order valence-electron chi connectivity index (χ2n) is 14.9.